The molecule has 0 atom stereocenters. The number of hydrogen-bond donors (Lipinski definition) is 0. The average molecular weight is 709 g/mol. The standard InChI is InChI=1S/C50H32N2OS/c1-3-12-35(13-4-1)51(39-25-24-33-22-23-34-28-48-45(32-44(34)43(33)30-39)41-18-7-9-20-47(41)53-48)37-16-11-17-38(29-37)52(36-14-5-2-6-15-36)40-26-27-50-46(31-40)42-19-8-10-21-49(42)54-50/h1-32H. The van der Waals surface area contributed by atoms with Gasteiger partial charge in [0.05, 0.1) is 0 Å². The third kappa shape index (κ3) is 5.03. The van der Waals surface area contributed by atoms with Gasteiger partial charge in [-0.2, -0.15) is 0 Å². The van der Waals surface area contributed by atoms with Crippen LogP contribution in [0.3, 0.4) is 0 Å². The number of benzene rings is 9. The summed E-state index contributed by atoms with van der Waals surface area (Å²) in [4.78, 5) is 4.74. The van der Waals surface area contributed by atoms with Crippen LogP contribution in [0.2, 0.25) is 0 Å². The highest BCUT2D eigenvalue weighted by Crippen LogP contribution is 2.44. The molecular weight excluding hydrogens is 677 g/mol. The van der Waals surface area contributed by atoms with Crippen molar-refractivity contribution in [3.05, 3.63) is 194 Å². The molecule has 2 aromatic heterocycles. The highest BCUT2D eigenvalue weighted by Gasteiger charge is 2.19. The van der Waals surface area contributed by atoms with E-state index in [-0.39, 0.29) is 0 Å². The molecule has 11 rings (SSSR count). The van der Waals surface area contributed by atoms with E-state index in [1.54, 1.807) is 0 Å². The Hall–Kier alpha value is -6.88. The van der Waals surface area contributed by atoms with Crippen LogP contribution in [0.15, 0.2) is 199 Å². The number of anilines is 6. The Morgan fingerprint density at radius 1 is 0.296 bits per heavy atom. The Kier molecular flexibility index (Phi) is 7.04. The summed E-state index contributed by atoms with van der Waals surface area (Å²) < 4.78 is 8.87. The maximum atomic E-state index is 6.27. The first-order chi connectivity index (χ1) is 26.7. The van der Waals surface area contributed by atoms with Gasteiger partial charge in [0.25, 0.3) is 0 Å². The number of fused-ring (bicyclic) bond motifs is 9. The zero-order valence-corrected chi connectivity index (χ0v) is 30.0. The zero-order valence-electron chi connectivity index (χ0n) is 29.2. The molecule has 3 nitrogen and oxygen atoms in total. The van der Waals surface area contributed by atoms with Crippen molar-refractivity contribution < 1.29 is 4.42 Å². The van der Waals surface area contributed by atoms with Crippen molar-refractivity contribution in [3.63, 3.8) is 0 Å². The number of para-hydroxylation sites is 3. The molecule has 0 bridgehead atoms. The van der Waals surface area contributed by atoms with E-state index in [9.17, 15) is 0 Å². The SMILES string of the molecule is c1ccc(N(c2cccc(N(c3ccccc3)c3ccc4sc5ccccc5c4c3)c2)c2ccc3ccc4cc5oc6ccccc6c5cc4c3c2)cc1. The van der Waals surface area contributed by atoms with E-state index in [0.717, 1.165) is 61.4 Å². The summed E-state index contributed by atoms with van der Waals surface area (Å²) in [5.74, 6) is 0. The molecule has 0 aliphatic heterocycles. The number of thiophene rings is 1. The highest BCUT2D eigenvalue weighted by molar-refractivity contribution is 7.25. The van der Waals surface area contributed by atoms with Crippen molar-refractivity contribution in [2.45, 2.75) is 0 Å². The van der Waals surface area contributed by atoms with E-state index in [0.29, 0.717) is 0 Å². The molecule has 11 aromatic rings. The highest BCUT2D eigenvalue weighted by atomic mass is 32.1. The molecule has 0 saturated carbocycles. The Balaban J connectivity index is 1.09. The summed E-state index contributed by atoms with van der Waals surface area (Å²) in [7, 11) is 0. The van der Waals surface area contributed by atoms with Gasteiger partial charge in [-0.15, -0.1) is 11.3 Å². The van der Waals surface area contributed by atoms with Crippen LogP contribution in [0.1, 0.15) is 0 Å². The molecule has 0 fully saturated rings. The van der Waals surface area contributed by atoms with Gasteiger partial charge in [-0.3, -0.25) is 0 Å². The molecule has 254 valence electrons. The minimum Gasteiger partial charge on any atom is -0.456 e. The lowest BCUT2D eigenvalue weighted by molar-refractivity contribution is 0.669. The Labute approximate surface area is 316 Å². The second kappa shape index (κ2) is 12.4. The minimum atomic E-state index is 0.913. The van der Waals surface area contributed by atoms with Crippen LogP contribution in [0.4, 0.5) is 34.1 Å². The molecule has 0 aliphatic rings. The first-order valence-corrected chi connectivity index (χ1v) is 19.1. The Morgan fingerprint density at radius 3 is 1.59 bits per heavy atom. The molecule has 0 saturated heterocycles. The molecule has 0 radical (unpaired) electrons. The van der Waals surface area contributed by atoms with Gasteiger partial charge in [0, 0.05) is 65.1 Å². The van der Waals surface area contributed by atoms with E-state index in [2.05, 4.69) is 192 Å². The summed E-state index contributed by atoms with van der Waals surface area (Å²) >= 11 is 1.85. The minimum absolute atomic E-state index is 0.913. The topological polar surface area (TPSA) is 19.6 Å². The van der Waals surface area contributed by atoms with Gasteiger partial charge >= 0.3 is 0 Å². The normalized spacial score (nSPS) is 11.7. The van der Waals surface area contributed by atoms with E-state index in [1.165, 1.54) is 36.3 Å². The largest absolute Gasteiger partial charge is 0.456 e. The van der Waals surface area contributed by atoms with Crippen molar-refractivity contribution in [2.75, 3.05) is 9.80 Å². The third-order valence-corrected chi connectivity index (χ3v) is 11.7. The van der Waals surface area contributed by atoms with E-state index in [1.807, 2.05) is 23.5 Å². The first-order valence-electron chi connectivity index (χ1n) is 18.2. The molecule has 2 heterocycles. The van der Waals surface area contributed by atoms with E-state index >= 15 is 0 Å². The van der Waals surface area contributed by atoms with Gasteiger partial charge in [0.15, 0.2) is 0 Å². The van der Waals surface area contributed by atoms with Crippen molar-refractivity contribution >= 4 is 109 Å². The van der Waals surface area contributed by atoms with Gasteiger partial charge in [-0.05, 0) is 119 Å². The number of furan rings is 1. The van der Waals surface area contributed by atoms with Crippen LogP contribution in [-0.4, -0.2) is 0 Å². The molecule has 0 spiro atoms. The molecule has 9 aromatic carbocycles. The number of rotatable bonds is 6. The fourth-order valence-corrected chi connectivity index (χ4v) is 9.16. The summed E-state index contributed by atoms with van der Waals surface area (Å²) in [5.41, 5.74) is 8.39. The summed E-state index contributed by atoms with van der Waals surface area (Å²) in [6, 6.07) is 69.9. The summed E-state index contributed by atoms with van der Waals surface area (Å²) in [6.45, 7) is 0. The lowest BCUT2D eigenvalue weighted by Crippen LogP contribution is -2.13. The predicted octanol–water partition coefficient (Wildman–Crippen LogP) is 15.2. The predicted molar refractivity (Wildman–Crippen MR) is 231 cm³/mol. The monoisotopic (exact) mass is 708 g/mol. The molecule has 0 unspecified atom stereocenters. The molecule has 0 amide bonds. The first kappa shape index (κ1) is 30.7. The van der Waals surface area contributed by atoms with Crippen molar-refractivity contribution in [1.29, 1.82) is 0 Å². The van der Waals surface area contributed by atoms with Crippen LogP contribution in [0.25, 0.3) is 63.7 Å². The van der Waals surface area contributed by atoms with Crippen molar-refractivity contribution in [1.82, 2.24) is 0 Å². The fraction of sp³-hybridized carbons (Fsp3) is 0. The summed E-state index contributed by atoms with van der Waals surface area (Å²) in [5, 5.41) is 9.62. The lowest BCUT2D eigenvalue weighted by atomic mass is 9.99. The fourth-order valence-electron chi connectivity index (χ4n) is 8.07. The summed E-state index contributed by atoms with van der Waals surface area (Å²) in [6.07, 6.45) is 0. The number of nitrogens with zero attached hydrogens (tertiary/aromatic N) is 2. The zero-order chi connectivity index (χ0) is 35.6. The quantitative estimate of drug-likeness (QED) is 0.160. The molecule has 4 heteroatoms. The maximum absolute atomic E-state index is 6.27. The van der Waals surface area contributed by atoms with Crippen molar-refractivity contribution in [2.24, 2.45) is 0 Å². The van der Waals surface area contributed by atoms with E-state index in [4.69, 9.17) is 4.42 Å². The lowest BCUT2D eigenvalue weighted by Gasteiger charge is -2.29. The maximum Gasteiger partial charge on any atom is 0.136 e. The Morgan fingerprint density at radius 2 is 0.833 bits per heavy atom. The molecule has 54 heavy (non-hydrogen) atoms. The van der Waals surface area contributed by atoms with Crippen molar-refractivity contribution in [3.8, 4) is 0 Å². The van der Waals surface area contributed by atoms with Crippen LogP contribution in [0, 0.1) is 0 Å². The second-order valence-corrected chi connectivity index (χ2v) is 14.9. The average Bonchev–Trinajstić information content (AvgIpc) is 3.79. The molecule has 0 N–H and O–H groups in total. The van der Waals surface area contributed by atoms with Gasteiger partial charge < -0.3 is 14.2 Å². The van der Waals surface area contributed by atoms with Crippen LogP contribution < -0.4 is 9.80 Å². The molecule has 0 aliphatic carbocycles. The second-order valence-electron chi connectivity index (χ2n) is 13.8. The van der Waals surface area contributed by atoms with Crippen LogP contribution in [-0.2, 0) is 0 Å². The van der Waals surface area contributed by atoms with Crippen LogP contribution >= 0.6 is 11.3 Å². The molecular formula is C50H32N2OS. The number of hydrogen-bond acceptors (Lipinski definition) is 4. The van der Waals surface area contributed by atoms with Gasteiger partial charge in [0.1, 0.15) is 11.2 Å². The van der Waals surface area contributed by atoms with Gasteiger partial charge in [-0.1, -0.05) is 97.1 Å². The Bertz CT molecular complexity index is 3180. The smallest absolute Gasteiger partial charge is 0.136 e. The van der Waals surface area contributed by atoms with E-state index < -0.39 is 0 Å². The van der Waals surface area contributed by atoms with Gasteiger partial charge in [-0.25, -0.2) is 0 Å². The van der Waals surface area contributed by atoms with Gasteiger partial charge in [0.2, 0.25) is 0 Å². The third-order valence-electron chi connectivity index (χ3n) is 10.6. The van der Waals surface area contributed by atoms with Crippen LogP contribution in [0.5, 0.6) is 0 Å².